The van der Waals surface area contributed by atoms with Gasteiger partial charge in [0.15, 0.2) is 18.2 Å². The lowest BCUT2D eigenvalue weighted by Crippen LogP contribution is -2.56. The Balaban J connectivity index is 1.31. The summed E-state index contributed by atoms with van der Waals surface area (Å²) in [7, 11) is 0. The minimum Gasteiger partial charge on any atom is -0.481 e. The number of carbonyl (C=O) groups excluding carboxylic acids is 2. The number of aromatic nitrogens is 2. The third kappa shape index (κ3) is 4.59. The summed E-state index contributed by atoms with van der Waals surface area (Å²) in [5, 5.41) is 2.88. The van der Waals surface area contributed by atoms with E-state index in [-0.39, 0.29) is 30.1 Å². The number of para-hydroxylation sites is 1. The Morgan fingerprint density at radius 1 is 1.31 bits per heavy atom. The van der Waals surface area contributed by atoms with Crippen molar-refractivity contribution in [3.8, 4) is 5.75 Å². The van der Waals surface area contributed by atoms with Crippen LogP contribution in [0.15, 0.2) is 43.0 Å². The van der Waals surface area contributed by atoms with Gasteiger partial charge >= 0.3 is 0 Å². The standard InChI is InChI=1S/C18H21FN4O3/c19-15-4-1-2-5-16(15)26-12-17(24)23-10-14(11-23)18(25)21-6-3-8-22-9-7-20-13-22/h1-2,4-5,7,9,13-14H,3,6,8,10-12H2,(H,21,25). The van der Waals surface area contributed by atoms with Crippen molar-refractivity contribution in [3.05, 3.63) is 48.8 Å². The molecule has 1 aromatic carbocycles. The molecule has 0 bridgehead atoms. The molecule has 1 aliphatic heterocycles. The number of carbonyl (C=O) groups is 2. The predicted octanol–water partition coefficient (Wildman–Crippen LogP) is 1.07. The fourth-order valence-corrected chi connectivity index (χ4v) is 2.68. The molecule has 0 aliphatic carbocycles. The minimum atomic E-state index is -0.503. The first kappa shape index (κ1) is 17.9. The van der Waals surface area contributed by atoms with Gasteiger partial charge in [-0.2, -0.15) is 0 Å². The second-order valence-electron chi connectivity index (χ2n) is 6.16. The molecule has 0 saturated carbocycles. The summed E-state index contributed by atoms with van der Waals surface area (Å²) in [6.07, 6.45) is 6.14. The van der Waals surface area contributed by atoms with Crippen LogP contribution in [-0.2, 0) is 16.1 Å². The lowest BCUT2D eigenvalue weighted by Gasteiger charge is -2.38. The van der Waals surface area contributed by atoms with Crippen molar-refractivity contribution in [3.63, 3.8) is 0 Å². The van der Waals surface area contributed by atoms with Gasteiger partial charge < -0.3 is 19.5 Å². The first-order valence-corrected chi connectivity index (χ1v) is 8.52. The molecule has 8 heteroatoms. The summed E-state index contributed by atoms with van der Waals surface area (Å²) < 4.78 is 20.6. The van der Waals surface area contributed by atoms with Crippen LogP contribution in [0, 0.1) is 11.7 Å². The van der Waals surface area contributed by atoms with Crippen LogP contribution in [0.1, 0.15) is 6.42 Å². The van der Waals surface area contributed by atoms with Crippen LogP contribution in [-0.4, -0.2) is 52.5 Å². The van der Waals surface area contributed by atoms with E-state index in [0.717, 1.165) is 13.0 Å². The number of aryl methyl sites for hydroxylation is 1. The van der Waals surface area contributed by atoms with E-state index in [4.69, 9.17) is 4.74 Å². The van der Waals surface area contributed by atoms with Crippen molar-refractivity contribution in [2.24, 2.45) is 5.92 Å². The van der Waals surface area contributed by atoms with Crippen molar-refractivity contribution in [1.82, 2.24) is 19.8 Å². The zero-order chi connectivity index (χ0) is 18.4. The van der Waals surface area contributed by atoms with E-state index in [0.29, 0.717) is 19.6 Å². The van der Waals surface area contributed by atoms with Gasteiger partial charge in [-0.25, -0.2) is 9.37 Å². The molecule has 7 nitrogen and oxygen atoms in total. The average Bonchev–Trinajstić information content (AvgIpc) is 3.10. The van der Waals surface area contributed by atoms with Gasteiger partial charge in [0.1, 0.15) is 0 Å². The van der Waals surface area contributed by atoms with Gasteiger partial charge in [-0.1, -0.05) is 12.1 Å². The summed E-state index contributed by atoms with van der Waals surface area (Å²) in [4.78, 5) is 29.5. The zero-order valence-corrected chi connectivity index (χ0v) is 14.3. The summed E-state index contributed by atoms with van der Waals surface area (Å²) in [6, 6.07) is 5.94. The number of imidazole rings is 1. The van der Waals surface area contributed by atoms with Crippen LogP contribution in [0.4, 0.5) is 4.39 Å². The Morgan fingerprint density at radius 2 is 2.12 bits per heavy atom. The molecule has 138 valence electrons. The number of amides is 2. The van der Waals surface area contributed by atoms with E-state index in [1.165, 1.54) is 17.0 Å². The Bertz CT molecular complexity index is 745. The van der Waals surface area contributed by atoms with Gasteiger partial charge in [0.25, 0.3) is 5.91 Å². The number of benzene rings is 1. The Hall–Kier alpha value is -2.90. The maximum absolute atomic E-state index is 13.4. The normalized spacial score (nSPS) is 14.0. The molecule has 0 atom stereocenters. The monoisotopic (exact) mass is 360 g/mol. The van der Waals surface area contributed by atoms with Gasteiger partial charge in [0.05, 0.1) is 12.2 Å². The highest BCUT2D eigenvalue weighted by Gasteiger charge is 2.35. The molecule has 1 N–H and O–H groups in total. The molecular formula is C18H21FN4O3. The highest BCUT2D eigenvalue weighted by Crippen LogP contribution is 2.18. The summed E-state index contributed by atoms with van der Waals surface area (Å²) in [5.41, 5.74) is 0. The van der Waals surface area contributed by atoms with Crippen LogP contribution < -0.4 is 10.1 Å². The molecule has 1 saturated heterocycles. The maximum atomic E-state index is 13.4. The van der Waals surface area contributed by atoms with Gasteiger partial charge in [0, 0.05) is 38.6 Å². The minimum absolute atomic E-state index is 0.0466. The second kappa shape index (κ2) is 8.46. The lowest BCUT2D eigenvalue weighted by molar-refractivity contribution is -0.144. The third-order valence-corrected chi connectivity index (χ3v) is 4.24. The third-order valence-electron chi connectivity index (χ3n) is 4.24. The van der Waals surface area contributed by atoms with E-state index in [9.17, 15) is 14.0 Å². The molecule has 1 aromatic heterocycles. The van der Waals surface area contributed by atoms with Gasteiger partial charge in [-0.05, 0) is 18.6 Å². The van der Waals surface area contributed by atoms with Gasteiger partial charge in [-0.15, -0.1) is 0 Å². The van der Waals surface area contributed by atoms with E-state index in [1.807, 2.05) is 10.8 Å². The van der Waals surface area contributed by atoms with Crippen LogP contribution in [0.3, 0.4) is 0 Å². The van der Waals surface area contributed by atoms with Crippen molar-refractivity contribution in [1.29, 1.82) is 0 Å². The predicted molar refractivity (Wildman–Crippen MR) is 91.8 cm³/mol. The highest BCUT2D eigenvalue weighted by atomic mass is 19.1. The number of likely N-dealkylation sites (tertiary alicyclic amines) is 1. The van der Waals surface area contributed by atoms with Crippen LogP contribution in [0.25, 0.3) is 0 Å². The molecule has 26 heavy (non-hydrogen) atoms. The molecule has 0 radical (unpaired) electrons. The van der Waals surface area contributed by atoms with Crippen molar-refractivity contribution < 1.29 is 18.7 Å². The molecule has 0 spiro atoms. The molecule has 1 aliphatic rings. The SMILES string of the molecule is O=C(NCCCn1ccnc1)C1CN(C(=O)COc2ccccc2F)C1. The van der Waals surface area contributed by atoms with Crippen molar-refractivity contribution >= 4 is 11.8 Å². The number of rotatable bonds is 8. The smallest absolute Gasteiger partial charge is 0.260 e. The van der Waals surface area contributed by atoms with Crippen molar-refractivity contribution in [2.45, 2.75) is 13.0 Å². The molecule has 2 heterocycles. The molecule has 1 fully saturated rings. The Labute approximate surface area is 150 Å². The Kier molecular flexibility index (Phi) is 5.83. The quantitative estimate of drug-likeness (QED) is 0.715. The first-order chi connectivity index (χ1) is 12.6. The number of hydrogen-bond acceptors (Lipinski definition) is 4. The fraction of sp³-hybridized carbons (Fsp3) is 0.389. The average molecular weight is 360 g/mol. The van der Waals surface area contributed by atoms with Crippen LogP contribution in [0.5, 0.6) is 5.75 Å². The lowest BCUT2D eigenvalue weighted by atomic mass is 9.99. The second-order valence-corrected chi connectivity index (χ2v) is 6.16. The zero-order valence-electron chi connectivity index (χ0n) is 14.3. The maximum Gasteiger partial charge on any atom is 0.260 e. The summed E-state index contributed by atoms with van der Waals surface area (Å²) in [6.45, 7) is 1.88. The largest absolute Gasteiger partial charge is 0.481 e. The Morgan fingerprint density at radius 3 is 2.85 bits per heavy atom. The van der Waals surface area contributed by atoms with Gasteiger partial charge in [0.2, 0.25) is 5.91 Å². The number of halogens is 1. The van der Waals surface area contributed by atoms with E-state index in [2.05, 4.69) is 10.3 Å². The number of ether oxygens (including phenoxy) is 1. The summed E-state index contributed by atoms with van der Waals surface area (Å²) >= 11 is 0. The fourth-order valence-electron chi connectivity index (χ4n) is 2.68. The molecular weight excluding hydrogens is 339 g/mol. The van der Waals surface area contributed by atoms with Crippen LogP contribution in [0.2, 0.25) is 0 Å². The van der Waals surface area contributed by atoms with E-state index < -0.39 is 5.82 Å². The van der Waals surface area contributed by atoms with E-state index in [1.54, 1.807) is 24.7 Å². The summed E-state index contributed by atoms with van der Waals surface area (Å²) in [5.74, 6) is -0.946. The van der Waals surface area contributed by atoms with Crippen molar-refractivity contribution in [2.75, 3.05) is 26.2 Å². The van der Waals surface area contributed by atoms with E-state index >= 15 is 0 Å². The number of nitrogens with zero attached hydrogens (tertiary/aromatic N) is 3. The number of nitrogens with one attached hydrogen (secondary N) is 1. The number of hydrogen-bond donors (Lipinski definition) is 1. The molecule has 2 aromatic rings. The molecule has 2 amide bonds. The van der Waals surface area contributed by atoms with Gasteiger partial charge in [-0.3, -0.25) is 9.59 Å². The highest BCUT2D eigenvalue weighted by molar-refractivity contribution is 5.85. The molecule has 3 rings (SSSR count). The van der Waals surface area contributed by atoms with Crippen LogP contribution >= 0.6 is 0 Å². The first-order valence-electron chi connectivity index (χ1n) is 8.52. The topological polar surface area (TPSA) is 76.5 Å². The molecule has 0 unspecified atom stereocenters.